The van der Waals surface area contributed by atoms with Gasteiger partial charge in [-0.3, -0.25) is 5.32 Å². The molecule has 0 unspecified atom stereocenters. The largest absolute Gasteiger partial charge is 0.450 e. The molecule has 5 heteroatoms. The molecule has 3 aromatic carbocycles. The number of aromatic nitrogens is 2. The van der Waals surface area contributed by atoms with Crippen LogP contribution in [0, 0.1) is 6.92 Å². The number of unbranched alkanes of at least 4 members (excludes halogenated alkanes) is 1. The molecule has 0 fully saturated rings. The van der Waals surface area contributed by atoms with E-state index in [1.165, 1.54) is 22.3 Å². The molecule has 170 valence electrons. The van der Waals surface area contributed by atoms with E-state index in [0.29, 0.717) is 12.3 Å². The summed E-state index contributed by atoms with van der Waals surface area (Å²) in [6.45, 7) is 7.20. The first-order chi connectivity index (χ1) is 16.1. The SMILES string of the molecule is CCCCc1nc2ccc(NC(=O)OCC)cc2n1Cc1ccc(-c2ccccc2C)cc1. The van der Waals surface area contributed by atoms with Gasteiger partial charge in [0.25, 0.3) is 0 Å². The Kier molecular flexibility index (Phi) is 7.08. The second-order valence-corrected chi connectivity index (χ2v) is 8.28. The van der Waals surface area contributed by atoms with Crippen LogP contribution in [0.15, 0.2) is 66.7 Å². The maximum Gasteiger partial charge on any atom is 0.411 e. The fourth-order valence-electron chi connectivity index (χ4n) is 4.11. The fourth-order valence-corrected chi connectivity index (χ4v) is 4.11. The predicted molar refractivity (Wildman–Crippen MR) is 135 cm³/mol. The van der Waals surface area contributed by atoms with Gasteiger partial charge in [0.05, 0.1) is 17.6 Å². The lowest BCUT2D eigenvalue weighted by atomic mass is 9.99. The molecule has 0 aliphatic rings. The van der Waals surface area contributed by atoms with E-state index in [0.717, 1.165) is 42.7 Å². The number of benzene rings is 3. The van der Waals surface area contributed by atoms with Crippen molar-refractivity contribution < 1.29 is 9.53 Å². The standard InChI is InChI=1S/C28H31N3O2/c1-4-6-11-27-30-25-17-16-23(29-28(32)33-5-2)18-26(25)31(27)19-21-12-14-22(15-13-21)24-10-8-7-9-20(24)3/h7-10,12-18H,4-6,11,19H2,1-3H3,(H,29,32). The van der Waals surface area contributed by atoms with Crippen molar-refractivity contribution in [2.45, 2.75) is 46.6 Å². The first kappa shape index (κ1) is 22.6. The van der Waals surface area contributed by atoms with E-state index in [-0.39, 0.29) is 0 Å². The lowest BCUT2D eigenvalue weighted by Crippen LogP contribution is -2.13. The average Bonchev–Trinajstić information content (AvgIpc) is 3.15. The Morgan fingerprint density at radius 2 is 1.82 bits per heavy atom. The van der Waals surface area contributed by atoms with Crippen molar-refractivity contribution in [1.29, 1.82) is 0 Å². The van der Waals surface area contributed by atoms with Crippen molar-refractivity contribution >= 4 is 22.8 Å². The third-order valence-corrected chi connectivity index (χ3v) is 5.85. The van der Waals surface area contributed by atoms with Crippen LogP contribution in [0.1, 0.15) is 43.6 Å². The minimum Gasteiger partial charge on any atom is -0.450 e. The molecule has 0 atom stereocenters. The molecule has 1 heterocycles. The van der Waals surface area contributed by atoms with Gasteiger partial charge in [-0.25, -0.2) is 9.78 Å². The summed E-state index contributed by atoms with van der Waals surface area (Å²) in [6.07, 6.45) is 2.68. The molecule has 0 spiro atoms. The van der Waals surface area contributed by atoms with Crippen molar-refractivity contribution in [2.75, 3.05) is 11.9 Å². The number of rotatable bonds is 8. The summed E-state index contributed by atoms with van der Waals surface area (Å²) in [5, 5.41) is 2.81. The van der Waals surface area contributed by atoms with Gasteiger partial charge >= 0.3 is 6.09 Å². The van der Waals surface area contributed by atoms with Crippen LogP contribution >= 0.6 is 0 Å². The Balaban J connectivity index is 1.65. The summed E-state index contributed by atoms with van der Waals surface area (Å²) >= 11 is 0. The van der Waals surface area contributed by atoms with Crippen LogP contribution in [-0.2, 0) is 17.7 Å². The molecule has 1 N–H and O–H groups in total. The average molecular weight is 442 g/mol. The number of anilines is 1. The Morgan fingerprint density at radius 3 is 2.55 bits per heavy atom. The van der Waals surface area contributed by atoms with Crippen molar-refractivity contribution in [3.05, 3.63) is 83.7 Å². The van der Waals surface area contributed by atoms with E-state index in [1.54, 1.807) is 6.92 Å². The second-order valence-electron chi connectivity index (χ2n) is 8.28. The van der Waals surface area contributed by atoms with E-state index in [4.69, 9.17) is 9.72 Å². The van der Waals surface area contributed by atoms with Gasteiger partial charge in [-0.1, -0.05) is 61.9 Å². The first-order valence-electron chi connectivity index (χ1n) is 11.7. The Hall–Kier alpha value is -3.60. The summed E-state index contributed by atoms with van der Waals surface area (Å²) in [5.74, 6) is 1.07. The number of hydrogen-bond donors (Lipinski definition) is 1. The van der Waals surface area contributed by atoms with Crippen molar-refractivity contribution in [1.82, 2.24) is 9.55 Å². The molecule has 5 nitrogen and oxygen atoms in total. The number of fused-ring (bicyclic) bond motifs is 1. The van der Waals surface area contributed by atoms with E-state index in [1.807, 2.05) is 18.2 Å². The summed E-state index contributed by atoms with van der Waals surface area (Å²) < 4.78 is 7.29. The summed E-state index contributed by atoms with van der Waals surface area (Å²) in [4.78, 5) is 16.8. The molecule has 0 saturated carbocycles. The molecule has 0 radical (unpaired) electrons. The van der Waals surface area contributed by atoms with Gasteiger partial charge in [-0.15, -0.1) is 0 Å². The smallest absolute Gasteiger partial charge is 0.411 e. The highest BCUT2D eigenvalue weighted by atomic mass is 16.5. The van der Waals surface area contributed by atoms with Gasteiger partial charge in [0.1, 0.15) is 5.82 Å². The molecule has 0 aliphatic heterocycles. The minimum atomic E-state index is -0.444. The van der Waals surface area contributed by atoms with E-state index >= 15 is 0 Å². The minimum absolute atomic E-state index is 0.339. The lowest BCUT2D eigenvalue weighted by molar-refractivity contribution is 0.168. The topological polar surface area (TPSA) is 56.1 Å². The third kappa shape index (κ3) is 5.25. The quantitative estimate of drug-likeness (QED) is 0.321. The number of ether oxygens (including phenoxy) is 1. The molecule has 0 bridgehead atoms. The zero-order valence-electron chi connectivity index (χ0n) is 19.6. The van der Waals surface area contributed by atoms with Crippen molar-refractivity contribution in [3.63, 3.8) is 0 Å². The number of aryl methyl sites for hydroxylation is 2. The number of hydrogen-bond acceptors (Lipinski definition) is 3. The molecule has 4 rings (SSSR count). The van der Waals surface area contributed by atoms with Gasteiger partial charge in [0.15, 0.2) is 0 Å². The summed E-state index contributed by atoms with van der Waals surface area (Å²) in [5.41, 5.74) is 7.63. The first-order valence-corrected chi connectivity index (χ1v) is 11.7. The van der Waals surface area contributed by atoms with Crippen LogP contribution in [0.3, 0.4) is 0 Å². The molecular formula is C28H31N3O2. The normalized spacial score (nSPS) is 11.0. The number of carbonyl (C=O) groups is 1. The van der Waals surface area contributed by atoms with Gasteiger partial charge in [0, 0.05) is 18.7 Å². The number of amides is 1. The molecule has 1 amide bonds. The van der Waals surface area contributed by atoms with E-state index in [9.17, 15) is 4.79 Å². The van der Waals surface area contributed by atoms with Crippen molar-refractivity contribution in [2.24, 2.45) is 0 Å². The summed E-state index contributed by atoms with van der Waals surface area (Å²) in [6, 6.07) is 23.0. The number of imidazole rings is 1. The maximum atomic E-state index is 11.9. The number of carbonyl (C=O) groups excluding carboxylic acids is 1. The van der Waals surface area contributed by atoms with E-state index in [2.05, 4.69) is 72.3 Å². The van der Waals surface area contributed by atoms with Crippen LogP contribution in [0.25, 0.3) is 22.2 Å². The van der Waals surface area contributed by atoms with Crippen LogP contribution in [0.2, 0.25) is 0 Å². The molecule has 4 aromatic rings. The number of nitrogens with zero attached hydrogens (tertiary/aromatic N) is 2. The van der Waals surface area contributed by atoms with Gasteiger partial charge < -0.3 is 9.30 Å². The van der Waals surface area contributed by atoms with Crippen LogP contribution in [0.4, 0.5) is 10.5 Å². The highest BCUT2D eigenvalue weighted by molar-refractivity contribution is 5.89. The third-order valence-electron chi connectivity index (χ3n) is 5.85. The van der Waals surface area contributed by atoms with Crippen LogP contribution in [0.5, 0.6) is 0 Å². The van der Waals surface area contributed by atoms with Crippen molar-refractivity contribution in [3.8, 4) is 11.1 Å². The summed E-state index contributed by atoms with van der Waals surface area (Å²) in [7, 11) is 0. The molecule has 33 heavy (non-hydrogen) atoms. The van der Waals surface area contributed by atoms with E-state index < -0.39 is 6.09 Å². The maximum absolute atomic E-state index is 11.9. The van der Waals surface area contributed by atoms with Gasteiger partial charge in [-0.05, 0) is 60.7 Å². The highest BCUT2D eigenvalue weighted by Crippen LogP contribution is 2.26. The highest BCUT2D eigenvalue weighted by Gasteiger charge is 2.13. The predicted octanol–water partition coefficient (Wildman–Crippen LogP) is 6.97. The Morgan fingerprint density at radius 1 is 1.03 bits per heavy atom. The van der Waals surface area contributed by atoms with Gasteiger partial charge in [0.2, 0.25) is 0 Å². The molecule has 0 saturated heterocycles. The van der Waals surface area contributed by atoms with Gasteiger partial charge in [-0.2, -0.15) is 0 Å². The Labute approximate surface area is 195 Å². The molecular weight excluding hydrogens is 410 g/mol. The number of nitrogens with one attached hydrogen (secondary N) is 1. The fraction of sp³-hybridized carbons (Fsp3) is 0.286. The zero-order chi connectivity index (χ0) is 23.2. The zero-order valence-corrected chi connectivity index (χ0v) is 19.6. The second kappa shape index (κ2) is 10.3. The Bertz CT molecular complexity index is 1240. The monoisotopic (exact) mass is 441 g/mol. The molecule has 0 aliphatic carbocycles. The molecule has 1 aromatic heterocycles. The lowest BCUT2D eigenvalue weighted by Gasteiger charge is -2.12. The van der Waals surface area contributed by atoms with Crippen LogP contribution < -0.4 is 5.32 Å². The van der Waals surface area contributed by atoms with Crippen LogP contribution in [-0.4, -0.2) is 22.3 Å².